The molecule has 2 rings (SSSR count). The van der Waals surface area contributed by atoms with E-state index in [1.165, 1.54) is 23.1 Å². The van der Waals surface area contributed by atoms with Crippen LogP contribution < -0.4 is 0 Å². The van der Waals surface area contributed by atoms with Crippen LogP contribution >= 0.6 is 7.82 Å². The summed E-state index contributed by atoms with van der Waals surface area (Å²) in [6, 6.07) is 19.3. The summed E-state index contributed by atoms with van der Waals surface area (Å²) in [4.78, 5) is 21.6. The van der Waals surface area contributed by atoms with Gasteiger partial charge in [0.2, 0.25) is 0 Å². The molecule has 0 heterocycles. The molecule has 0 aliphatic heterocycles. The first kappa shape index (κ1) is 16.6. The molecule has 4 nitrogen and oxygen atoms in total. The Morgan fingerprint density at radius 2 is 1.40 bits per heavy atom. The van der Waals surface area contributed by atoms with E-state index in [2.05, 4.69) is 61.5 Å². The van der Waals surface area contributed by atoms with Crippen LogP contribution in [0.2, 0.25) is 0 Å². The Morgan fingerprint density at radius 3 is 1.95 bits per heavy atom. The van der Waals surface area contributed by atoms with Gasteiger partial charge in [0.05, 0.1) is 0 Å². The largest absolute Gasteiger partial charge is 0.466 e. The van der Waals surface area contributed by atoms with Crippen molar-refractivity contribution < 1.29 is 19.2 Å². The molecule has 108 valence electrons. The second kappa shape index (κ2) is 7.98. The summed E-state index contributed by atoms with van der Waals surface area (Å²) >= 11 is 0. The van der Waals surface area contributed by atoms with Crippen molar-refractivity contribution in [1.29, 1.82) is 0 Å². The van der Waals surface area contributed by atoms with Crippen LogP contribution in [0.1, 0.15) is 18.9 Å². The van der Waals surface area contributed by atoms with Gasteiger partial charge in [-0.05, 0) is 23.1 Å². The normalized spacial score (nSPS) is 10.6. The molecule has 0 atom stereocenters. The van der Waals surface area contributed by atoms with Crippen molar-refractivity contribution in [2.24, 2.45) is 0 Å². The van der Waals surface area contributed by atoms with Gasteiger partial charge in [0.15, 0.2) is 0 Å². The Balaban J connectivity index is 0.000000347. The highest BCUT2D eigenvalue weighted by Gasteiger charge is 2.02. The number of benzene rings is 2. The standard InChI is InChI=1S/C15H16.H3O4P/c1-2-8-13-11-6-7-12-15(13)14-9-4-3-5-10-14;1-5(2,3)4/h3-7,9-12H,2,8H2,1H3;(H3,1,2,3,4). The highest BCUT2D eigenvalue weighted by molar-refractivity contribution is 7.45. The highest BCUT2D eigenvalue weighted by atomic mass is 31.2. The van der Waals surface area contributed by atoms with Gasteiger partial charge in [0, 0.05) is 0 Å². The third-order valence-corrected chi connectivity index (χ3v) is 2.62. The van der Waals surface area contributed by atoms with Crippen molar-refractivity contribution in [3.05, 3.63) is 60.2 Å². The number of phosphoric acid groups is 1. The molecule has 5 heteroatoms. The van der Waals surface area contributed by atoms with E-state index < -0.39 is 7.82 Å². The van der Waals surface area contributed by atoms with Gasteiger partial charge in [-0.15, -0.1) is 0 Å². The fourth-order valence-electron chi connectivity index (χ4n) is 1.91. The molecule has 0 fully saturated rings. The number of aryl methyl sites for hydroxylation is 1. The minimum absolute atomic E-state index is 1.16. The first-order valence-corrected chi connectivity index (χ1v) is 7.90. The van der Waals surface area contributed by atoms with E-state index in [1.807, 2.05) is 0 Å². The van der Waals surface area contributed by atoms with Crippen LogP contribution in [0.25, 0.3) is 11.1 Å². The molecular weight excluding hydrogens is 275 g/mol. The zero-order valence-corrected chi connectivity index (χ0v) is 12.2. The fourth-order valence-corrected chi connectivity index (χ4v) is 1.91. The highest BCUT2D eigenvalue weighted by Crippen LogP contribution is 2.26. The van der Waals surface area contributed by atoms with E-state index >= 15 is 0 Å². The molecule has 2 aromatic carbocycles. The summed E-state index contributed by atoms with van der Waals surface area (Å²) in [5.41, 5.74) is 4.15. The smallest absolute Gasteiger partial charge is 0.303 e. The monoisotopic (exact) mass is 294 g/mol. The van der Waals surface area contributed by atoms with E-state index in [1.54, 1.807) is 0 Å². The Hall–Kier alpha value is -1.45. The van der Waals surface area contributed by atoms with E-state index in [0.29, 0.717) is 0 Å². The molecule has 0 saturated carbocycles. The van der Waals surface area contributed by atoms with Crippen molar-refractivity contribution in [1.82, 2.24) is 0 Å². The molecule has 0 amide bonds. The minimum Gasteiger partial charge on any atom is -0.303 e. The number of hydrogen-bond acceptors (Lipinski definition) is 1. The van der Waals surface area contributed by atoms with Crippen LogP contribution in [-0.4, -0.2) is 14.7 Å². The molecule has 0 aliphatic rings. The number of rotatable bonds is 3. The lowest BCUT2D eigenvalue weighted by Gasteiger charge is -2.08. The molecule has 20 heavy (non-hydrogen) atoms. The molecule has 0 spiro atoms. The molecule has 0 bridgehead atoms. The second-order valence-electron chi connectivity index (χ2n) is 4.29. The maximum atomic E-state index is 8.88. The third-order valence-electron chi connectivity index (χ3n) is 2.62. The lowest BCUT2D eigenvalue weighted by molar-refractivity contribution is 0.275. The van der Waals surface area contributed by atoms with Crippen LogP contribution in [0, 0.1) is 0 Å². The van der Waals surface area contributed by atoms with Gasteiger partial charge < -0.3 is 14.7 Å². The van der Waals surface area contributed by atoms with Crippen molar-refractivity contribution in [3.8, 4) is 11.1 Å². The SMILES string of the molecule is CCCc1ccccc1-c1ccccc1.O=P(O)(O)O. The Bertz CT molecular complexity index is 555. The second-order valence-corrected chi connectivity index (χ2v) is 5.31. The first-order valence-electron chi connectivity index (χ1n) is 6.33. The quantitative estimate of drug-likeness (QED) is 0.758. The maximum absolute atomic E-state index is 8.88. The zero-order chi connectivity index (χ0) is 15.0. The molecule has 0 unspecified atom stereocenters. The van der Waals surface area contributed by atoms with Crippen molar-refractivity contribution in [2.75, 3.05) is 0 Å². The Kier molecular flexibility index (Phi) is 6.62. The van der Waals surface area contributed by atoms with Gasteiger partial charge in [0.1, 0.15) is 0 Å². The van der Waals surface area contributed by atoms with Crippen LogP contribution in [0.5, 0.6) is 0 Å². The predicted octanol–water partition coefficient (Wildman–Crippen LogP) is 3.38. The lowest BCUT2D eigenvalue weighted by atomic mass is 9.97. The van der Waals surface area contributed by atoms with Gasteiger partial charge in [-0.3, -0.25) is 0 Å². The van der Waals surface area contributed by atoms with Crippen molar-refractivity contribution in [2.45, 2.75) is 19.8 Å². The zero-order valence-electron chi connectivity index (χ0n) is 11.3. The Morgan fingerprint density at radius 1 is 0.900 bits per heavy atom. The summed E-state index contributed by atoms with van der Waals surface area (Å²) in [6.45, 7) is 2.22. The molecule has 2 aromatic rings. The van der Waals surface area contributed by atoms with E-state index in [-0.39, 0.29) is 0 Å². The van der Waals surface area contributed by atoms with E-state index in [9.17, 15) is 0 Å². The van der Waals surface area contributed by atoms with Gasteiger partial charge in [-0.1, -0.05) is 67.9 Å². The summed E-state index contributed by atoms with van der Waals surface area (Å²) < 4.78 is 8.88. The summed E-state index contributed by atoms with van der Waals surface area (Å²) in [5, 5.41) is 0. The molecule has 3 N–H and O–H groups in total. The lowest BCUT2D eigenvalue weighted by Crippen LogP contribution is -1.88. The molecule has 0 aromatic heterocycles. The van der Waals surface area contributed by atoms with Gasteiger partial charge in [0.25, 0.3) is 0 Å². The van der Waals surface area contributed by atoms with Crippen LogP contribution in [0.15, 0.2) is 54.6 Å². The third kappa shape index (κ3) is 6.64. The van der Waals surface area contributed by atoms with Gasteiger partial charge >= 0.3 is 7.82 Å². The van der Waals surface area contributed by atoms with E-state index in [0.717, 1.165) is 6.42 Å². The molecule has 0 radical (unpaired) electrons. The van der Waals surface area contributed by atoms with Gasteiger partial charge in [-0.2, -0.15) is 0 Å². The number of hydrogen-bond donors (Lipinski definition) is 3. The summed E-state index contributed by atoms with van der Waals surface area (Å²) in [6.07, 6.45) is 2.36. The van der Waals surface area contributed by atoms with Crippen molar-refractivity contribution in [3.63, 3.8) is 0 Å². The fraction of sp³-hybridized carbons (Fsp3) is 0.200. The van der Waals surface area contributed by atoms with Crippen molar-refractivity contribution >= 4 is 7.82 Å². The first-order chi connectivity index (χ1) is 9.42. The molecule has 0 aliphatic carbocycles. The Labute approximate surface area is 119 Å². The minimum atomic E-state index is -4.64. The molecular formula is C15H19O4P. The summed E-state index contributed by atoms with van der Waals surface area (Å²) in [5.74, 6) is 0. The van der Waals surface area contributed by atoms with Crippen LogP contribution in [0.3, 0.4) is 0 Å². The van der Waals surface area contributed by atoms with E-state index in [4.69, 9.17) is 19.2 Å². The topological polar surface area (TPSA) is 77.8 Å². The average Bonchev–Trinajstić information content (AvgIpc) is 2.39. The average molecular weight is 294 g/mol. The van der Waals surface area contributed by atoms with Crippen LogP contribution in [-0.2, 0) is 11.0 Å². The van der Waals surface area contributed by atoms with Crippen LogP contribution in [0.4, 0.5) is 0 Å². The summed E-state index contributed by atoms with van der Waals surface area (Å²) in [7, 11) is -4.64. The predicted molar refractivity (Wildman–Crippen MR) is 80.1 cm³/mol. The maximum Gasteiger partial charge on any atom is 0.466 e. The molecule has 0 saturated heterocycles. The van der Waals surface area contributed by atoms with Gasteiger partial charge in [-0.25, -0.2) is 4.57 Å².